The van der Waals surface area contributed by atoms with Crippen LogP contribution in [0, 0.1) is 0 Å². The molecule has 1 amide bonds. The fourth-order valence-electron chi connectivity index (χ4n) is 12.8. The van der Waals surface area contributed by atoms with Crippen LogP contribution in [0.1, 0.15) is 450 Å². The maximum absolute atomic E-state index is 12.5. The highest BCUT2D eigenvalue weighted by Gasteiger charge is 2.20. The average molecular weight is 1240 g/mol. The normalized spacial score (nSPS) is 12.6. The van der Waals surface area contributed by atoms with Crippen molar-refractivity contribution < 1.29 is 24.5 Å². The minimum absolute atomic E-state index is 0.00832. The molecular formula is C82H157NO5. The van der Waals surface area contributed by atoms with Gasteiger partial charge in [-0.1, -0.05) is 397 Å². The molecule has 0 bridgehead atoms. The molecule has 6 nitrogen and oxygen atoms in total. The van der Waals surface area contributed by atoms with Crippen LogP contribution >= 0.6 is 0 Å². The van der Waals surface area contributed by atoms with Gasteiger partial charge in [-0.2, -0.15) is 0 Å². The van der Waals surface area contributed by atoms with Crippen molar-refractivity contribution in [2.75, 3.05) is 13.2 Å². The summed E-state index contributed by atoms with van der Waals surface area (Å²) in [4.78, 5) is 24.6. The monoisotopic (exact) mass is 1240 g/mol. The van der Waals surface area contributed by atoms with E-state index in [9.17, 15) is 19.8 Å². The fraction of sp³-hybridized carbons (Fsp3) is 0.902. The predicted octanol–water partition coefficient (Wildman–Crippen LogP) is 26.6. The molecule has 6 heteroatoms. The average Bonchev–Trinajstić information content (AvgIpc) is 3.58. The van der Waals surface area contributed by atoms with Crippen LogP contribution in [0.15, 0.2) is 36.5 Å². The summed E-state index contributed by atoms with van der Waals surface area (Å²) in [5, 5.41) is 23.4. The van der Waals surface area contributed by atoms with Crippen LogP contribution < -0.4 is 5.32 Å². The third kappa shape index (κ3) is 73.1. The zero-order valence-electron chi connectivity index (χ0n) is 59.7. The minimum Gasteiger partial charge on any atom is -0.466 e. The van der Waals surface area contributed by atoms with Crippen LogP contribution in [-0.2, 0) is 14.3 Å². The first kappa shape index (κ1) is 86.1. The van der Waals surface area contributed by atoms with Gasteiger partial charge in [-0.25, -0.2) is 0 Å². The molecule has 2 unspecified atom stereocenters. The summed E-state index contributed by atoms with van der Waals surface area (Å²) < 4.78 is 5.49. The van der Waals surface area contributed by atoms with Crippen molar-refractivity contribution in [3.05, 3.63) is 36.5 Å². The number of aliphatic hydroxyl groups is 2. The van der Waals surface area contributed by atoms with Gasteiger partial charge in [-0.3, -0.25) is 9.59 Å². The predicted molar refractivity (Wildman–Crippen MR) is 389 cm³/mol. The van der Waals surface area contributed by atoms with E-state index in [0.29, 0.717) is 25.9 Å². The number of aliphatic hydroxyl groups excluding tert-OH is 2. The van der Waals surface area contributed by atoms with Crippen molar-refractivity contribution in [1.82, 2.24) is 5.32 Å². The van der Waals surface area contributed by atoms with Crippen LogP contribution in [0.2, 0.25) is 0 Å². The Balaban J connectivity index is 3.32. The molecule has 0 aliphatic carbocycles. The lowest BCUT2D eigenvalue weighted by Gasteiger charge is -2.22. The quantitative estimate of drug-likeness (QED) is 0.0320. The number of hydrogen-bond acceptors (Lipinski definition) is 5. The van der Waals surface area contributed by atoms with Crippen LogP contribution in [0.3, 0.4) is 0 Å². The number of amides is 1. The second-order valence-electron chi connectivity index (χ2n) is 27.7. The molecule has 0 fully saturated rings. The third-order valence-corrected chi connectivity index (χ3v) is 18.9. The largest absolute Gasteiger partial charge is 0.466 e. The first-order chi connectivity index (χ1) is 43.5. The minimum atomic E-state index is -0.662. The Morgan fingerprint density at radius 2 is 0.580 bits per heavy atom. The van der Waals surface area contributed by atoms with Gasteiger partial charge in [0.1, 0.15) is 0 Å². The molecule has 0 saturated carbocycles. The molecule has 0 saturated heterocycles. The SMILES string of the molecule is CCCC/C=C\C/C=C\CCCCCCCC(=O)OCCCCCCCCCCCCCCCCCCCC/C=C\CCCCCCCCCCCCCCCCCCCC(=O)NC(CO)C(O)CCCCCCCCCCCCCCCCCCCC. The van der Waals surface area contributed by atoms with Crippen molar-refractivity contribution in [2.45, 2.75) is 463 Å². The molecule has 0 aliphatic heterocycles. The Kier molecular flexibility index (Phi) is 75.8. The summed E-state index contributed by atoms with van der Waals surface area (Å²) >= 11 is 0. The number of carbonyl (C=O) groups is 2. The van der Waals surface area contributed by atoms with E-state index in [4.69, 9.17) is 4.74 Å². The van der Waals surface area contributed by atoms with Crippen molar-refractivity contribution in [1.29, 1.82) is 0 Å². The molecule has 0 spiro atoms. The summed E-state index contributed by atoms with van der Waals surface area (Å²) in [5.74, 6) is -0.0179. The molecule has 520 valence electrons. The Labute approximate surface area is 551 Å². The molecule has 0 aromatic carbocycles. The van der Waals surface area contributed by atoms with Crippen molar-refractivity contribution in [3.8, 4) is 0 Å². The fourth-order valence-corrected chi connectivity index (χ4v) is 12.8. The topological polar surface area (TPSA) is 95.9 Å². The van der Waals surface area contributed by atoms with Crippen LogP contribution in [0.4, 0.5) is 0 Å². The van der Waals surface area contributed by atoms with Gasteiger partial charge in [0.15, 0.2) is 0 Å². The molecule has 0 heterocycles. The van der Waals surface area contributed by atoms with E-state index in [-0.39, 0.29) is 18.5 Å². The van der Waals surface area contributed by atoms with E-state index >= 15 is 0 Å². The highest BCUT2D eigenvalue weighted by atomic mass is 16.5. The second kappa shape index (κ2) is 77.5. The molecule has 3 N–H and O–H groups in total. The van der Waals surface area contributed by atoms with Gasteiger partial charge in [0, 0.05) is 12.8 Å². The number of carbonyl (C=O) groups excluding carboxylic acids is 2. The summed E-state index contributed by atoms with van der Waals surface area (Å²) in [7, 11) is 0. The van der Waals surface area contributed by atoms with Gasteiger partial charge in [0.05, 0.1) is 25.4 Å². The van der Waals surface area contributed by atoms with E-state index < -0.39 is 12.1 Å². The number of esters is 1. The summed E-state index contributed by atoms with van der Waals surface area (Å²) in [6, 6.07) is -0.539. The molecule has 2 atom stereocenters. The number of hydrogen-bond donors (Lipinski definition) is 3. The lowest BCUT2D eigenvalue weighted by molar-refractivity contribution is -0.143. The molecule has 88 heavy (non-hydrogen) atoms. The van der Waals surface area contributed by atoms with Gasteiger partial charge in [0.25, 0.3) is 0 Å². The molecular weight excluding hydrogens is 1080 g/mol. The van der Waals surface area contributed by atoms with Gasteiger partial charge >= 0.3 is 5.97 Å². The smallest absolute Gasteiger partial charge is 0.305 e. The lowest BCUT2D eigenvalue weighted by atomic mass is 10.0. The Morgan fingerprint density at radius 1 is 0.318 bits per heavy atom. The van der Waals surface area contributed by atoms with Crippen molar-refractivity contribution in [2.24, 2.45) is 0 Å². The van der Waals surface area contributed by atoms with Crippen LogP contribution in [0.5, 0.6) is 0 Å². The van der Waals surface area contributed by atoms with Crippen molar-refractivity contribution >= 4 is 11.9 Å². The molecule has 0 aromatic heterocycles. The maximum atomic E-state index is 12.5. The van der Waals surface area contributed by atoms with E-state index in [0.717, 1.165) is 51.4 Å². The standard InChI is InChI=1S/C82H157NO5/c1-3-5-7-9-11-13-15-17-19-20-44-47-50-54-58-62-66-70-74-80(85)79(78-84)83-81(86)75-71-67-63-59-55-51-48-45-42-40-38-36-34-32-30-28-26-24-22-21-23-25-27-29-31-33-35-37-39-41-43-46-49-53-57-61-65-69-73-77-88-82(87)76-72-68-64-60-56-52-18-16-14-12-10-8-6-4-2/h10,12,16,18,21-22,79-80,84-85H,3-9,11,13-15,17,19-20,23-78H2,1-2H3,(H,83,86)/b12-10-,18-16-,22-21-. The summed E-state index contributed by atoms with van der Waals surface area (Å²) in [5.41, 5.74) is 0. The first-order valence-electron chi connectivity index (χ1n) is 40.2. The van der Waals surface area contributed by atoms with E-state index in [1.165, 1.54) is 366 Å². The Hall–Kier alpha value is -1.92. The van der Waals surface area contributed by atoms with Crippen LogP contribution in [0.25, 0.3) is 0 Å². The number of rotatable bonds is 76. The second-order valence-corrected chi connectivity index (χ2v) is 27.7. The van der Waals surface area contributed by atoms with Gasteiger partial charge < -0.3 is 20.3 Å². The number of unbranched alkanes of at least 4 members (excludes halogenated alkanes) is 59. The van der Waals surface area contributed by atoms with E-state index in [2.05, 4.69) is 55.6 Å². The van der Waals surface area contributed by atoms with E-state index in [1.54, 1.807) is 0 Å². The van der Waals surface area contributed by atoms with Gasteiger partial charge in [-0.15, -0.1) is 0 Å². The number of nitrogens with one attached hydrogen (secondary N) is 1. The molecule has 0 aliphatic rings. The first-order valence-corrected chi connectivity index (χ1v) is 40.2. The highest BCUT2D eigenvalue weighted by molar-refractivity contribution is 5.76. The Bertz CT molecular complexity index is 1430. The molecule has 0 rings (SSSR count). The summed E-state index contributed by atoms with van der Waals surface area (Å²) in [6.07, 6.45) is 101. The third-order valence-electron chi connectivity index (χ3n) is 18.9. The zero-order valence-corrected chi connectivity index (χ0v) is 59.7. The highest BCUT2D eigenvalue weighted by Crippen LogP contribution is 2.20. The zero-order chi connectivity index (χ0) is 63.5. The molecule has 0 radical (unpaired) electrons. The van der Waals surface area contributed by atoms with Crippen LogP contribution in [-0.4, -0.2) is 47.4 Å². The maximum Gasteiger partial charge on any atom is 0.305 e. The molecule has 0 aromatic rings. The number of allylic oxidation sites excluding steroid dienone is 6. The van der Waals surface area contributed by atoms with Gasteiger partial charge in [-0.05, 0) is 77.0 Å². The lowest BCUT2D eigenvalue weighted by Crippen LogP contribution is -2.45. The Morgan fingerprint density at radius 3 is 0.909 bits per heavy atom. The summed E-state index contributed by atoms with van der Waals surface area (Å²) in [6.45, 7) is 4.95. The van der Waals surface area contributed by atoms with E-state index in [1.807, 2.05) is 0 Å². The van der Waals surface area contributed by atoms with Gasteiger partial charge in [0.2, 0.25) is 5.91 Å². The van der Waals surface area contributed by atoms with Crippen molar-refractivity contribution in [3.63, 3.8) is 0 Å². The number of ether oxygens (including phenoxy) is 1.